The number of halogens is 1. The Morgan fingerprint density at radius 2 is 1.86 bits per heavy atom. The number of hydrogen-bond donors (Lipinski definition) is 0. The molecule has 0 spiro atoms. The summed E-state index contributed by atoms with van der Waals surface area (Å²) in [6.07, 6.45) is 3.72. The van der Waals surface area contributed by atoms with E-state index in [9.17, 15) is 17.6 Å². The van der Waals surface area contributed by atoms with Crippen LogP contribution in [0.15, 0.2) is 57.9 Å². The molecule has 2 heterocycles. The summed E-state index contributed by atoms with van der Waals surface area (Å²) < 4.78 is 47.7. The van der Waals surface area contributed by atoms with Crippen LogP contribution in [0.25, 0.3) is 12.2 Å². The van der Waals surface area contributed by atoms with Crippen LogP contribution >= 0.6 is 0 Å². The Morgan fingerprint density at radius 1 is 1.14 bits per heavy atom. The van der Waals surface area contributed by atoms with E-state index in [0.717, 1.165) is 11.3 Å². The highest BCUT2D eigenvalue weighted by atomic mass is 32.2. The number of sulfonamides is 1. The van der Waals surface area contributed by atoms with Gasteiger partial charge in [-0.05, 0) is 69.5 Å². The van der Waals surface area contributed by atoms with Gasteiger partial charge in [0.2, 0.25) is 15.9 Å². The van der Waals surface area contributed by atoms with E-state index in [1.165, 1.54) is 22.5 Å². The van der Waals surface area contributed by atoms with Gasteiger partial charge in [-0.2, -0.15) is 4.31 Å². The first kappa shape index (κ1) is 25.8. The lowest BCUT2D eigenvalue weighted by Crippen LogP contribution is -2.44. The van der Waals surface area contributed by atoms with Crippen LogP contribution in [0.5, 0.6) is 0 Å². The van der Waals surface area contributed by atoms with Gasteiger partial charge in [0, 0.05) is 36.8 Å². The highest BCUT2D eigenvalue weighted by molar-refractivity contribution is 7.89. The fourth-order valence-corrected chi connectivity index (χ4v) is 6.25. The number of aromatic nitrogens is 1. The van der Waals surface area contributed by atoms with Crippen molar-refractivity contribution in [2.75, 3.05) is 24.5 Å². The van der Waals surface area contributed by atoms with Gasteiger partial charge in [-0.1, -0.05) is 35.5 Å². The Bertz CT molecular complexity index is 1380. The van der Waals surface area contributed by atoms with E-state index in [1.54, 1.807) is 30.0 Å². The summed E-state index contributed by atoms with van der Waals surface area (Å²) in [5, 5.41) is 3.84. The molecular formula is C27H30FN3O4S. The van der Waals surface area contributed by atoms with Crippen molar-refractivity contribution >= 4 is 33.8 Å². The zero-order valence-corrected chi connectivity index (χ0v) is 21.5. The first-order chi connectivity index (χ1) is 17.2. The molecule has 0 radical (unpaired) electrons. The number of hydrogen-bond acceptors (Lipinski definition) is 5. The monoisotopic (exact) mass is 511 g/mol. The Kier molecular flexibility index (Phi) is 7.70. The lowest BCUT2D eigenvalue weighted by molar-refractivity contribution is -0.123. The minimum Gasteiger partial charge on any atom is -0.355 e. The zero-order chi connectivity index (χ0) is 25.9. The molecule has 0 saturated carbocycles. The molecule has 1 fully saturated rings. The number of piperidine rings is 1. The number of rotatable bonds is 7. The van der Waals surface area contributed by atoms with Crippen molar-refractivity contribution in [3.8, 4) is 0 Å². The molecule has 1 aliphatic heterocycles. The lowest BCUT2D eigenvalue weighted by Gasteiger charge is -2.33. The van der Waals surface area contributed by atoms with Crippen LogP contribution in [0.4, 0.5) is 10.1 Å². The molecule has 1 aliphatic rings. The highest BCUT2D eigenvalue weighted by Crippen LogP contribution is 2.31. The van der Waals surface area contributed by atoms with E-state index in [-0.39, 0.29) is 41.3 Å². The number of amides is 1. The minimum absolute atomic E-state index is 0.00909. The Labute approximate surface area is 211 Å². The SMILES string of the molecule is CCN(C(=O)C1CCN(S(=O)(=O)c2c(C)noc2C=Cc2ccccc2F)CC1)c1cccc(C)c1. The molecule has 0 N–H and O–H groups in total. The molecule has 0 unspecified atom stereocenters. The van der Waals surface area contributed by atoms with Crippen LogP contribution in [0, 0.1) is 25.6 Å². The van der Waals surface area contributed by atoms with Gasteiger partial charge in [-0.25, -0.2) is 12.8 Å². The first-order valence-electron chi connectivity index (χ1n) is 12.0. The van der Waals surface area contributed by atoms with E-state index >= 15 is 0 Å². The number of benzene rings is 2. The molecule has 9 heteroatoms. The van der Waals surface area contributed by atoms with E-state index in [0.29, 0.717) is 24.9 Å². The molecule has 0 bridgehead atoms. The maximum absolute atomic E-state index is 14.0. The van der Waals surface area contributed by atoms with Gasteiger partial charge in [-0.15, -0.1) is 0 Å². The van der Waals surface area contributed by atoms with Crippen LogP contribution in [0.3, 0.4) is 0 Å². The Balaban J connectivity index is 1.49. The summed E-state index contributed by atoms with van der Waals surface area (Å²) in [4.78, 5) is 15.0. The summed E-state index contributed by atoms with van der Waals surface area (Å²) in [7, 11) is -3.92. The van der Waals surface area contributed by atoms with Crippen LogP contribution in [-0.4, -0.2) is 43.4 Å². The number of aryl methyl sites for hydroxylation is 2. The lowest BCUT2D eigenvalue weighted by atomic mass is 9.96. The second-order valence-corrected chi connectivity index (χ2v) is 10.8. The first-order valence-corrected chi connectivity index (χ1v) is 13.4. The second-order valence-electron chi connectivity index (χ2n) is 8.92. The molecule has 0 aliphatic carbocycles. The maximum atomic E-state index is 14.0. The highest BCUT2D eigenvalue weighted by Gasteiger charge is 2.37. The van der Waals surface area contributed by atoms with Gasteiger partial charge in [0.15, 0.2) is 10.7 Å². The van der Waals surface area contributed by atoms with Crippen molar-refractivity contribution in [2.45, 2.75) is 38.5 Å². The molecule has 3 aromatic rings. The largest absolute Gasteiger partial charge is 0.355 e. The summed E-state index contributed by atoms with van der Waals surface area (Å²) in [6.45, 7) is 6.45. The smallest absolute Gasteiger partial charge is 0.248 e. The van der Waals surface area contributed by atoms with Crippen molar-refractivity contribution in [3.63, 3.8) is 0 Å². The third-order valence-electron chi connectivity index (χ3n) is 6.45. The molecule has 190 valence electrons. The predicted octanol–water partition coefficient (Wildman–Crippen LogP) is 5.05. The van der Waals surface area contributed by atoms with Crippen molar-refractivity contribution < 1.29 is 22.1 Å². The molecule has 0 atom stereocenters. The molecule has 1 amide bonds. The van der Waals surface area contributed by atoms with Crippen LogP contribution in [0.1, 0.15) is 42.3 Å². The minimum atomic E-state index is -3.92. The van der Waals surface area contributed by atoms with Crippen LogP contribution in [0.2, 0.25) is 0 Å². The van der Waals surface area contributed by atoms with E-state index in [1.807, 2.05) is 38.1 Å². The summed E-state index contributed by atoms with van der Waals surface area (Å²) >= 11 is 0. The molecule has 1 aromatic heterocycles. The van der Waals surface area contributed by atoms with Gasteiger partial charge < -0.3 is 9.42 Å². The molecule has 4 rings (SSSR count). The number of carbonyl (C=O) groups is 1. The molecule has 1 saturated heterocycles. The Hall–Kier alpha value is -3.30. The molecule has 36 heavy (non-hydrogen) atoms. The van der Waals surface area contributed by atoms with Gasteiger partial charge in [0.05, 0.1) is 0 Å². The second kappa shape index (κ2) is 10.8. The van der Waals surface area contributed by atoms with Gasteiger partial charge in [0.1, 0.15) is 11.5 Å². The van der Waals surface area contributed by atoms with Gasteiger partial charge >= 0.3 is 0 Å². The Morgan fingerprint density at radius 3 is 2.53 bits per heavy atom. The normalized spacial score (nSPS) is 15.4. The maximum Gasteiger partial charge on any atom is 0.248 e. The van der Waals surface area contributed by atoms with Crippen molar-refractivity contribution in [3.05, 3.63) is 76.9 Å². The number of anilines is 1. The predicted molar refractivity (Wildman–Crippen MR) is 137 cm³/mol. The average molecular weight is 512 g/mol. The summed E-state index contributed by atoms with van der Waals surface area (Å²) in [6, 6.07) is 14.0. The van der Waals surface area contributed by atoms with Crippen molar-refractivity contribution in [1.29, 1.82) is 0 Å². The number of carbonyl (C=O) groups excluding carboxylic acids is 1. The van der Waals surface area contributed by atoms with Crippen LogP contribution in [-0.2, 0) is 14.8 Å². The fourth-order valence-electron chi connectivity index (χ4n) is 4.53. The summed E-state index contributed by atoms with van der Waals surface area (Å²) in [5.41, 5.74) is 2.47. The van der Waals surface area contributed by atoms with Crippen molar-refractivity contribution in [1.82, 2.24) is 9.46 Å². The van der Waals surface area contributed by atoms with Gasteiger partial charge in [-0.3, -0.25) is 4.79 Å². The van der Waals surface area contributed by atoms with Crippen molar-refractivity contribution in [2.24, 2.45) is 5.92 Å². The third-order valence-corrected chi connectivity index (χ3v) is 8.51. The van der Waals surface area contributed by atoms with E-state index in [2.05, 4.69) is 5.16 Å². The fraction of sp³-hybridized carbons (Fsp3) is 0.333. The average Bonchev–Trinajstić information content (AvgIpc) is 3.25. The topological polar surface area (TPSA) is 83.7 Å². The standard InChI is InChI=1S/C27H30FN3O4S/c1-4-31(23-10-7-8-19(2)18-23)27(32)22-14-16-30(17-15-22)36(33,34)26-20(3)29-35-25(26)13-12-21-9-5-6-11-24(21)28/h5-13,18,22H,4,14-17H2,1-3H3. The molecule has 2 aromatic carbocycles. The van der Waals surface area contributed by atoms with Crippen LogP contribution < -0.4 is 4.90 Å². The number of nitrogens with zero attached hydrogens (tertiary/aromatic N) is 3. The zero-order valence-electron chi connectivity index (χ0n) is 20.6. The quantitative estimate of drug-likeness (QED) is 0.443. The van der Waals surface area contributed by atoms with E-state index < -0.39 is 15.8 Å². The summed E-state index contributed by atoms with van der Waals surface area (Å²) in [5.74, 6) is -0.630. The molecule has 7 nitrogen and oxygen atoms in total. The van der Waals surface area contributed by atoms with E-state index in [4.69, 9.17) is 4.52 Å². The third kappa shape index (κ3) is 5.27. The van der Waals surface area contributed by atoms with Gasteiger partial charge in [0.25, 0.3) is 0 Å². The molecular weight excluding hydrogens is 481 g/mol.